The molecule has 1 fully saturated rings. The molecule has 0 bridgehead atoms. The maximum Gasteiger partial charge on any atom is 0.122 e. The number of halogens is 1. The summed E-state index contributed by atoms with van der Waals surface area (Å²) in [7, 11) is 1.76. The van der Waals surface area contributed by atoms with Gasteiger partial charge in [-0.15, -0.1) is 0 Å². The van der Waals surface area contributed by atoms with Crippen LogP contribution in [0, 0.1) is 5.92 Å². The summed E-state index contributed by atoms with van der Waals surface area (Å²) in [5.74, 6) is 1.88. The standard InChI is InChI=1S/C18H28BrNO/c1-3-12-20-17(14-6-4-5-7-14)10-8-15-13-16(19)9-11-18(15)21-2/h9,11,13-14,17,20H,3-8,10,12H2,1-2H3. The molecule has 3 heteroatoms. The molecule has 2 rings (SSSR count). The normalized spacial score (nSPS) is 17.1. The molecule has 0 aliphatic heterocycles. The van der Waals surface area contributed by atoms with Gasteiger partial charge < -0.3 is 10.1 Å². The quantitative estimate of drug-likeness (QED) is 0.713. The van der Waals surface area contributed by atoms with Crippen molar-refractivity contribution in [3.8, 4) is 5.75 Å². The van der Waals surface area contributed by atoms with Crippen molar-refractivity contribution in [2.24, 2.45) is 5.92 Å². The fourth-order valence-corrected chi connectivity index (χ4v) is 3.86. The monoisotopic (exact) mass is 353 g/mol. The average molecular weight is 354 g/mol. The van der Waals surface area contributed by atoms with Gasteiger partial charge in [0.05, 0.1) is 7.11 Å². The lowest BCUT2D eigenvalue weighted by atomic mass is 9.92. The van der Waals surface area contributed by atoms with Crippen molar-refractivity contribution in [2.45, 2.75) is 57.9 Å². The molecular formula is C18H28BrNO. The molecule has 21 heavy (non-hydrogen) atoms. The average Bonchev–Trinajstić information content (AvgIpc) is 3.02. The molecule has 1 aliphatic rings. The van der Waals surface area contributed by atoms with E-state index in [0.29, 0.717) is 6.04 Å². The molecule has 1 aromatic rings. The lowest BCUT2D eigenvalue weighted by Gasteiger charge is -2.25. The first-order valence-electron chi connectivity index (χ1n) is 8.30. The molecule has 0 saturated heterocycles. The molecule has 0 amide bonds. The highest BCUT2D eigenvalue weighted by molar-refractivity contribution is 9.10. The molecule has 1 saturated carbocycles. The number of methoxy groups -OCH3 is 1. The molecule has 118 valence electrons. The van der Waals surface area contributed by atoms with E-state index in [2.05, 4.69) is 40.3 Å². The second kappa shape index (κ2) is 8.79. The minimum atomic E-state index is 0.663. The van der Waals surface area contributed by atoms with Gasteiger partial charge in [-0.05, 0) is 68.3 Å². The highest BCUT2D eigenvalue weighted by atomic mass is 79.9. The van der Waals surface area contributed by atoms with Crippen LogP contribution in [0.25, 0.3) is 0 Å². The Morgan fingerprint density at radius 2 is 2.10 bits per heavy atom. The van der Waals surface area contributed by atoms with Crippen LogP contribution in [0.4, 0.5) is 0 Å². The number of benzene rings is 1. The van der Waals surface area contributed by atoms with Crippen LogP contribution in [-0.2, 0) is 6.42 Å². The van der Waals surface area contributed by atoms with Gasteiger partial charge in [-0.3, -0.25) is 0 Å². The van der Waals surface area contributed by atoms with E-state index >= 15 is 0 Å². The van der Waals surface area contributed by atoms with Crippen LogP contribution in [0.3, 0.4) is 0 Å². The molecule has 1 aromatic carbocycles. The first-order chi connectivity index (χ1) is 10.2. The Labute approximate surface area is 137 Å². The van der Waals surface area contributed by atoms with Crippen molar-refractivity contribution in [3.63, 3.8) is 0 Å². The van der Waals surface area contributed by atoms with E-state index < -0.39 is 0 Å². The van der Waals surface area contributed by atoms with Crippen LogP contribution >= 0.6 is 15.9 Å². The summed E-state index contributed by atoms with van der Waals surface area (Å²) < 4.78 is 6.63. The van der Waals surface area contributed by atoms with Crippen LogP contribution in [0.5, 0.6) is 5.75 Å². The predicted octanol–water partition coefficient (Wildman–Crippen LogP) is 4.95. The highest BCUT2D eigenvalue weighted by Gasteiger charge is 2.24. The Morgan fingerprint density at radius 3 is 2.76 bits per heavy atom. The van der Waals surface area contributed by atoms with Gasteiger partial charge in [0.2, 0.25) is 0 Å². The maximum absolute atomic E-state index is 5.50. The Kier molecular flexibility index (Phi) is 7.05. The zero-order valence-electron chi connectivity index (χ0n) is 13.3. The summed E-state index contributed by atoms with van der Waals surface area (Å²) >= 11 is 3.57. The van der Waals surface area contributed by atoms with Crippen molar-refractivity contribution in [1.29, 1.82) is 0 Å². The Bertz CT molecular complexity index is 429. The summed E-state index contributed by atoms with van der Waals surface area (Å²) in [6.45, 7) is 3.38. The first kappa shape index (κ1) is 16.8. The van der Waals surface area contributed by atoms with Crippen molar-refractivity contribution in [3.05, 3.63) is 28.2 Å². The molecule has 0 heterocycles. The maximum atomic E-state index is 5.50. The zero-order chi connectivity index (χ0) is 15.1. The van der Waals surface area contributed by atoms with E-state index in [0.717, 1.165) is 29.1 Å². The second-order valence-electron chi connectivity index (χ2n) is 6.10. The number of aryl methyl sites for hydroxylation is 1. The molecule has 2 nitrogen and oxygen atoms in total. The predicted molar refractivity (Wildman–Crippen MR) is 93.1 cm³/mol. The summed E-state index contributed by atoms with van der Waals surface area (Å²) in [6, 6.07) is 6.97. The lowest BCUT2D eigenvalue weighted by molar-refractivity contribution is 0.338. The van der Waals surface area contributed by atoms with Gasteiger partial charge in [0, 0.05) is 10.5 Å². The van der Waals surface area contributed by atoms with Crippen molar-refractivity contribution >= 4 is 15.9 Å². The smallest absolute Gasteiger partial charge is 0.122 e. The Hall–Kier alpha value is -0.540. The number of ether oxygens (including phenoxy) is 1. The summed E-state index contributed by atoms with van der Waals surface area (Å²) in [4.78, 5) is 0. The molecule has 1 aliphatic carbocycles. The van der Waals surface area contributed by atoms with Crippen molar-refractivity contribution in [1.82, 2.24) is 5.32 Å². The molecule has 1 N–H and O–H groups in total. The highest BCUT2D eigenvalue weighted by Crippen LogP contribution is 2.31. The van der Waals surface area contributed by atoms with Crippen LogP contribution in [-0.4, -0.2) is 19.7 Å². The van der Waals surface area contributed by atoms with Gasteiger partial charge in [-0.2, -0.15) is 0 Å². The number of hydrogen-bond acceptors (Lipinski definition) is 2. The Morgan fingerprint density at radius 1 is 1.33 bits per heavy atom. The van der Waals surface area contributed by atoms with E-state index in [9.17, 15) is 0 Å². The molecule has 0 spiro atoms. The van der Waals surface area contributed by atoms with Crippen LogP contribution in [0.1, 0.15) is 51.0 Å². The van der Waals surface area contributed by atoms with Gasteiger partial charge in [0.15, 0.2) is 0 Å². The van der Waals surface area contributed by atoms with Gasteiger partial charge in [0.1, 0.15) is 5.75 Å². The number of rotatable bonds is 8. The van der Waals surface area contributed by atoms with Crippen LogP contribution in [0.15, 0.2) is 22.7 Å². The topological polar surface area (TPSA) is 21.3 Å². The van der Waals surface area contributed by atoms with Crippen LogP contribution < -0.4 is 10.1 Å². The van der Waals surface area contributed by atoms with E-state index in [1.165, 1.54) is 44.1 Å². The van der Waals surface area contributed by atoms with Gasteiger partial charge in [0.25, 0.3) is 0 Å². The largest absolute Gasteiger partial charge is 0.496 e. The SMILES string of the molecule is CCCNC(CCc1cc(Br)ccc1OC)C1CCCC1. The molecule has 1 atom stereocenters. The van der Waals surface area contributed by atoms with Gasteiger partial charge in [-0.25, -0.2) is 0 Å². The summed E-state index contributed by atoms with van der Waals surface area (Å²) in [5.41, 5.74) is 1.31. The summed E-state index contributed by atoms with van der Waals surface area (Å²) in [6.07, 6.45) is 9.12. The third-order valence-corrected chi connectivity index (χ3v) is 5.09. The zero-order valence-corrected chi connectivity index (χ0v) is 14.9. The van der Waals surface area contributed by atoms with E-state index in [1.54, 1.807) is 7.11 Å². The molecule has 1 unspecified atom stereocenters. The molecular weight excluding hydrogens is 326 g/mol. The minimum absolute atomic E-state index is 0.663. The second-order valence-corrected chi connectivity index (χ2v) is 7.02. The van der Waals surface area contributed by atoms with E-state index in [-0.39, 0.29) is 0 Å². The number of hydrogen-bond donors (Lipinski definition) is 1. The minimum Gasteiger partial charge on any atom is -0.496 e. The summed E-state index contributed by atoms with van der Waals surface area (Å²) in [5, 5.41) is 3.78. The molecule has 0 aromatic heterocycles. The van der Waals surface area contributed by atoms with Gasteiger partial charge >= 0.3 is 0 Å². The third kappa shape index (κ3) is 5.00. The van der Waals surface area contributed by atoms with E-state index in [1.807, 2.05) is 6.07 Å². The number of nitrogens with one attached hydrogen (secondary N) is 1. The Balaban J connectivity index is 1.98. The lowest BCUT2D eigenvalue weighted by Crippen LogP contribution is -2.36. The van der Waals surface area contributed by atoms with Crippen molar-refractivity contribution < 1.29 is 4.74 Å². The van der Waals surface area contributed by atoms with Crippen molar-refractivity contribution in [2.75, 3.05) is 13.7 Å². The van der Waals surface area contributed by atoms with E-state index in [4.69, 9.17) is 4.74 Å². The van der Waals surface area contributed by atoms with Crippen LogP contribution in [0.2, 0.25) is 0 Å². The fourth-order valence-electron chi connectivity index (χ4n) is 3.45. The molecule has 0 radical (unpaired) electrons. The van der Waals surface area contributed by atoms with Gasteiger partial charge in [-0.1, -0.05) is 35.7 Å². The third-order valence-electron chi connectivity index (χ3n) is 4.59. The fraction of sp³-hybridized carbons (Fsp3) is 0.667. The first-order valence-corrected chi connectivity index (χ1v) is 9.09.